The Balaban J connectivity index is 1.75. The van der Waals surface area contributed by atoms with Crippen LogP contribution in [0.3, 0.4) is 0 Å². The summed E-state index contributed by atoms with van der Waals surface area (Å²) in [5, 5.41) is 13.2. The van der Waals surface area contributed by atoms with E-state index in [1.807, 2.05) is 53.1 Å². The number of fused-ring (bicyclic) bond motifs is 1. The Morgan fingerprint density at radius 3 is 2.81 bits per heavy atom. The molecule has 6 nitrogen and oxygen atoms in total. The summed E-state index contributed by atoms with van der Waals surface area (Å²) < 4.78 is 2.03. The quantitative estimate of drug-likeness (QED) is 0.583. The highest BCUT2D eigenvalue weighted by Gasteiger charge is 2.11. The van der Waals surface area contributed by atoms with Gasteiger partial charge in [0.15, 0.2) is 5.82 Å². The first-order valence-corrected chi connectivity index (χ1v) is 8.51. The lowest BCUT2D eigenvalue weighted by atomic mass is 10.1. The predicted molar refractivity (Wildman–Crippen MR) is 104 cm³/mol. The molecule has 0 saturated heterocycles. The summed E-state index contributed by atoms with van der Waals surface area (Å²) in [6, 6.07) is 15.9. The zero-order valence-electron chi connectivity index (χ0n) is 14.6. The van der Waals surface area contributed by atoms with Crippen LogP contribution in [0.4, 0.5) is 11.4 Å². The molecule has 6 heteroatoms. The van der Waals surface area contributed by atoms with Crippen LogP contribution in [0.25, 0.3) is 22.2 Å². The van der Waals surface area contributed by atoms with E-state index in [9.17, 15) is 4.79 Å². The average molecular weight is 345 g/mol. The smallest absolute Gasteiger partial charge is 0.257 e. The zero-order chi connectivity index (χ0) is 18.1. The maximum absolute atomic E-state index is 12.2. The van der Waals surface area contributed by atoms with Crippen molar-refractivity contribution in [1.82, 2.24) is 19.7 Å². The summed E-state index contributed by atoms with van der Waals surface area (Å²) in [5.41, 5.74) is 2.51. The molecule has 0 saturated carbocycles. The summed E-state index contributed by atoms with van der Waals surface area (Å²) in [7, 11) is 0. The van der Waals surface area contributed by atoms with Crippen LogP contribution < -0.4 is 10.9 Å². The first-order valence-electron chi connectivity index (χ1n) is 8.51. The second-order valence-electron chi connectivity index (χ2n) is 6.44. The van der Waals surface area contributed by atoms with Gasteiger partial charge in [0.1, 0.15) is 6.33 Å². The largest absolute Gasteiger partial charge is 0.355 e. The third kappa shape index (κ3) is 2.86. The fraction of sp³-hybridized carbons (Fsp3) is 0.150. The van der Waals surface area contributed by atoms with Crippen molar-refractivity contribution in [2.75, 3.05) is 5.32 Å². The molecule has 26 heavy (non-hydrogen) atoms. The van der Waals surface area contributed by atoms with Gasteiger partial charge in [-0.05, 0) is 43.5 Å². The third-order valence-corrected chi connectivity index (χ3v) is 4.33. The second kappa shape index (κ2) is 6.48. The van der Waals surface area contributed by atoms with Gasteiger partial charge < -0.3 is 14.9 Å². The Bertz CT molecular complexity index is 1120. The van der Waals surface area contributed by atoms with E-state index in [2.05, 4.69) is 34.3 Å². The van der Waals surface area contributed by atoms with Gasteiger partial charge in [0.2, 0.25) is 0 Å². The van der Waals surface area contributed by atoms with Crippen LogP contribution in [0.1, 0.15) is 19.9 Å². The van der Waals surface area contributed by atoms with Gasteiger partial charge in [-0.25, -0.2) is 0 Å². The molecule has 0 unspecified atom stereocenters. The molecule has 0 bridgehead atoms. The first-order chi connectivity index (χ1) is 12.6. The average Bonchev–Trinajstić information content (AvgIpc) is 3.12. The highest BCUT2D eigenvalue weighted by molar-refractivity contribution is 5.94. The highest BCUT2D eigenvalue weighted by Crippen LogP contribution is 2.27. The molecule has 130 valence electrons. The molecular weight excluding hydrogens is 326 g/mol. The number of hydrogen-bond acceptors (Lipinski definition) is 4. The van der Waals surface area contributed by atoms with E-state index in [1.54, 1.807) is 12.5 Å². The maximum atomic E-state index is 12.2. The van der Waals surface area contributed by atoms with E-state index < -0.39 is 0 Å². The second-order valence-corrected chi connectivity index (χ2v) is 6.44. The zero-order valence-corrected chi connectivity index (χ0v) is 14.6. The molecule has 0 radical (unpaired) electrons. The normalized spacial score (nSPS) is 11.2. The number of hydrogen-bond donors (Lipinski definition) is 2. The predicted octanol–water partition coefficient (Wildman–Crippen LogP) is 4.11. The van der Waals surface area contributed by atoms with Crippen molar-refractivity contribution < 1.29 is 0 Å². The molecule has 0 spiro atoms. The minimum absolute atomic E-state index is 0.110. The molecule has 0 amide bonds. The number of pyridine rings is 1. The summed E-state index contributed by atoms with van der Waals surface area (Å²) in [6.07, 6.45) is 3.40. The van der Waals surface area contributed by atoms with Crippen molar-refractivity contribution in [2.24, 2.45) is 0 Å². The molecule has 0 aliphatic rings. The van der Waals surface area contributed by atoms with E-state index in [1.165, 1.54) is 0 Å². The number of aromatic nitrogens is 4. The minimum Gasteiger partial charge on any atom is -0.355 e. The van der Waals surface area contributed by atoms with E-state index in [-0.39, 0.29) is 11.6 Å². The van der Waals surface area contributed by atoms with Crippen LogP contribution in [0.5, 0.6) is 0 Å². The topological polar surface area (TPSA) is 75.6 Å². The Labute approximate surface area is 150 Å². The fourth-order valence-corrected chi connectivity index (χ4v) is 3.06. The number of rotatable bonds is 4. The Kier molecular flexibility index (Phi) is 4.01. The molecule has 2 heterocycles. The van der Waals surface area contributed by atoms with Gasteiger partial charge in [0, 0.05) is 23.5 Å². The van der Waals surface area contributed by atoms with Crippen LogP contribution >= 0.6 is 0 Å². The first kappa shape index (κ1) is 16.1. The molecule has 4 aromatic rings. The van der Waals surface area contributed by atoms with Gasteiger partial charge in [-0.3, -0.25) is 4.79 Å². The van der Waals surface area contributed by atoms with Crippen molar-refractivity contribution in [3.63, 3.8) is 0 Å². The molecular formula is C20H19N5O. The van der Waals surface area contributed by atoms with Crippen molar-refractivity contribution in [2.45, 2.75) is 19.9 Å². The summed E-state index contributed by atoms with van der Waals surface area (Å²) in [4.78, 5) is 15.0. The maximum Gasteiger partial charge on any atom is 0.257 e. The summed E-state index contributed by atoms with van der Waals surface area (Å²) >= 11 is 0. The van der Waals surface area contributed by atoms with Crippen molar-refractivity contribution in [3.8, 4) is 11.4 Å². The number of benzene rings is 2. The van der Waals surface area contributed by atoms with E-state index >= 15 is 0 Å². The van der Waals surface area contributed by atoms with Crippen LogP contribution in [-0.4, -0.2) is 19.7 Å². The van der Waals surface area contributed by atoms with Gasteiger partial charge in [0.05, 0.1) is 11.1 Å². The van der Waals surface area contributed by atoms with Crippen LogP contribution in [-0.2, 0) is 0 Å². The standard InChI is InChI=1S/C20H19N5O/c1-13(2)25-12-22-24-19(25)15-6-3-7-16(11-15)23-17-8-4-5-14-9-10-21-20(26)18(14)17/h3-13,23H,1-2H3,(H,21,26). The van der Waals surface area contributed by atoms with Gasteiger partial charge in [-0.2, -0.15) is 0 Å². The van der Waals surface area contributed by atoms with Crippen molar-refractivity contribution >= 4 is 22.1 Å². The molecule has 0 aliphatic carbocycles. The van der Waals surface area contributed by atoms with Gasteiger partial charge in [-0.15, -0.1) is 10.2 Å². The molecule has 0 atom stereocenters. The van der Waals surface area contributed by atoms with E-state index in [0.29, 0.717) is 5.39 Å². The number of anilines is 2. The molecule has 4 rings (SSSR count). The van der Waals surface area contributed by atoms with Gasteiger partial charge in [0.25, 0.3) is 5.56 Å². The lowest BCUT2D eigenvalue weighted by Crippen LogP contribution is -2.07. The van der Waals surface area contributed by atoms with Crippen LogP contribution in [0, 0.1) is 0 Å². The summed E-state index contributed by atoms with van der Waals surface area (Å²) in [5.74, 6) is 0.819. The van der Waals surface area contributed by atoms with Crippen molar-refractivity contribution in [1.29, 1.82) is 0 Å². The SMILES string of the molecule is CC(C)n1cnnc1-c1cccc(Nc2cccc3cc[nH]c(=O)c23)c1. The molecule has 0 aliphatic heterocycles. The number of nitrogens with zero attached hydrogens (tertiary/aromatic N) is 3. The highest BCUT2D eigenvalue weighted by atomic mass is 16.1. The van der Waals surface area contributed by atoms with Gasteiger partial charge in [-0.1, -0.05) is 24.3 Å². The lowest BCUT2D eigenvalue weighted by molar-refractivity contribution is 0.604. The Morgan fingerprint density at radius 2 is 1.96 bits per heavy atom. The summed E-state index contributed by atoms with van der Waals surface area (Å²) in [6.45, 7) is 4.19. The van der Waals surface area contributed by atoms with Gasteiger partial charge >= 0.3 is 0 Å². The molecule has 2 aromatic heterocycles. The number of nitrogens with one attached hydrogen (secondary N) is 2. The third-order valence-electron chi connectivity index (χ3n) is 4.33. The minimum atomic E-state index is -0.110. The molecule has 2 aromatic carbocycles. The van der Waals surface area contributed by atoms with Crippen molar-refractivity contribution in [3.05, 3.63) is 71.4 Å². The lowest BCUT2D eigenvalue weighted by Gasteiger charge is -2.12. The van der Waals surface area contributed by atoms with E-state index in [0.717, 1.165) is 28.1 Å². The Morgan fingerprint density at radius 1 is 1.12 bits per heavy atom. The number of H-pyrrole nitrogens is 1. The molecule has 2 N–H and O–H groups in total. The molecule has 0 fully saturated rings. The van der Waals surface area contributed by atoms with Crippen LogP contribution in [0.2, 0.25) is 0 Å². The monoisotopic (exact) mass is 345 g/mol. The number of aromatic amines is 1. The van der Waals surface area contributed by atoms with Crippen LogP contribution in [0.15, 0.2) is 65.8 Å². The van der Waals surface area contributed by atoms with E-state index in [4.69, 9.17) is 0 Å². The Hall–Kier alpha value is -3.41. The fourth-order valence-electron chi connectivity index (χ4n) is 3.06.